The zero-order valence-electron chi connectivity index (χ0n) is 8.74. The molecule has 0 aliphatic carbocycles. The Bertz CT molecular complexity index is 540. The minimum Gasteiger partial charge on any atom is -0.459 e. The fourth-order valence-electron chi connectivity index (χ4n) is 1.50. The molecule has 0 amide bonds. The molecule has 0 bridgehead atoms. The van der Waals surface area contributed by atoms with Gasteiger partial charge in [0.25, 0.3) is 0 Å². The number of benzene rings is 1. The third-order valence-corrected chi connectivity index (χ3v) is 2.22. The SMILES string of the molecule is CC(=O)OCc1nccc2cc(F)ccc12. The number of nitrogens with zero attached hydrogens (tertiary/aromatic N) is 1. The monoisotopic (exact) mass is 219 g/mol. The van der Waals surface area contributed by atoms with Crippen molar-refractivity contribution >= 4 is 16.7 Å². The van der Waals surface area contributed by atoms with E-state index in [0.717, 1.165) is 10.8 Å². The van der Waals surface area contributed by atoms with Crippen molar-refractivity contribution in [2.24, 2.45) is 0 Å². The van der Waals surface area contributed by atoms with E-state index >= 15 is 0 Å². The summed E-state index contributed by atoms with van der Waals surface area (Å²) in [7, 11) is 0. The second-order valence-electron chi connectivity index (χ2n) is 3.40. The van der Waals surface area contributed by atoms with E-state index in [1.54, 1.807) is 18.3 Å². The fourth-order valence-corrected chi connectivity index (χ4v) is 1.50. The lowest BCUT2D eigenvalue weighted by atomic mass is 10.1. The van der Waals surface area contributed by atoms with E-state index in [9.17, 15) is 9.18 Å². The van der Waals surface area contributed by atoms with Crippen LogP contribution in [0.4, 0.5) is 4.39 Å². The molecule has 0 spiro atoms. The normalized spacial score (nSPS) is 10.4. The molecule has 2 rings (SSSR count). The number of esters is 1. The summed E-state index contributed by atoms with van der Waals surface area (Å²) >= 11 is 0. The molecule has 0 atom stereocenters. The molecule has 0 aliphatic heterocycles. The van der Waals surface area contributed by atoms with Gasteiger partial charge in [-0.05, 0) is 29.7 Å². The summed E-state index contributed by atoms with van der Waals surface area (Å²) < 4.78 is 17.8. The van der Waals surface area contributed by atoms with Crippen LogP contribution in [0.5, 0.6) is 0 Å². The van der Waals surface area contributed by atoms with E-state index in [4.69, 9.17) is 4.74 Å². The number of halogens is 1. The van der Waals surface area contributed by atoms with Gasteiger partial charge in [-0.3, -0.25) is 9.78 Å². The molecule has 1 aromatic carbocycles. The molecule has 0 saturated carbocycles. The number of hydrogen-bond donors (Lipinski definition) is 0. The third kappa shape index (κ3) is 2.16. The van der Waals surface area contributed by atoms with Crippen molar-refractivity contribution in [3.8, 4) is 0 Å². The maximum Gasteiger partial charge on any atom is 0.303 e. The highest BCUT2D eigenvalue weighted by Crippen LogP contribution is 2.18. The first-order valence-corrected chi connectivity index (χ1v) is 4.83. The molecular formula is C12H10FNO2. The molecule has 16 heavy (non-hydrogen) atoms. The minimum absolute atomic E-state index is 0.109. The van der Waals surface area contributed by atoms with Crippen LogP contribution in [0.15, 0.2) is 30.5 Å². The van der Waals surface area contributed by atoms with Crippen LogP contribution in [0.2, 0.25) is 0 Å². The van der Waals surface area contributed by atoms with E-state index in [0.29, 0.717) is 5.69 Å². The van der Waals surface area contributed by atoms with Crippen LogP contribution in [-0.4, -0.2) is 11.0 Å². The third-order valence-electron chi connectivity index (χ3n) is 2.22. The standard InChI is InChI=1S/C12H10FNO2/c1-8(15)16-7-12-11-3-2-10(13)6-9(11)4-5-14-12/h2-6H,7H2,1H3. The Morgan fingerprint density at radius 3 is 3.00 bits per heavy atom. The maximum absolute atomic E-state index is 13.0. The van der Waals surface area contributed by atoms with Gasteiger partial charge < -0.3 is 4.74 Å². The lowest BCUT2D eigenvalue weighted by molar-refractivity contribution is -0.142. The predicted octanol–water partition coefficient (Wildman–Crippen LogP) is 2.44. The average molecular weight is 219 g/mol. The van der Waals surface area contributed by atoms with Gasteiger partial charge in [0, 0.05) is 18.5 Å². The summed E-state index contributed by atoms with van der Waals surface area (Å²) in [5.74, 6) is -0.655. The Morgan fingerprint density at radius 2 is 2.25 bits per heavy atom. The number of pyridine rings is 1. The van der Waals surface area contributed by atoms with Crippen LogP contribution in [0.3, 0.4) is 0 Å². The number of carbonyl (C=O) groups excluding carboxylic acids is 1. The first-order chi connectivity index (χ1) is 7.66. The van der Waals surface area contributed by atoms with Crippen molar-refractivity contribution in [2.75, 3.05) is 0 Å². The molecule has 0 fully saturated rings. The van der Waals surface area contributed by atoms with E-state index in [2.05, 4.69) is 4.98 Å². The molecule has 82 valence electrons. The van der Waals surface area contributed by atoms with Crippen LogP contribution in [0.25, 0.3) is 10.8 Å². The first-order valence-electron chi connectivity index (χ1n) is 4.83. The molecule has 1 heterocycles. The molecule has 1 aromatic heterocycles. The molecule has 4 heteroatoms. The van der Waals surface area contributed by atoms with Gasteiger partial charge in [0.15, 0.2) is 0 Å². The Balaban J connectivity index is 2.41. The van der Waals surface area contributed by atoms with Crippen LogP contribution >= 0.6 is 0 Å². The van der Waals surface area contributed by atoms with Crippen molar-refractivity contribution in [2.45, 2.75) is 13.5 Å². The fraction of sp³-hybridized carbons (Fsp3) is 0.167. The van der Waals surface area contributed by atoms with E-state index in [1.807, 2.05) is 0 Å². The second-order valence-corrected chi connectivity index (χ2v) is 3.40. The first kappa shape index (κ1) is 10.5. The zero-order chi connectivity index (χ0) is 11.5. The van der Waals surface area contributed by atoms with Crippen molar-refractivity contribution in [3.05, 3.63) is 42.0 Å². The minimum atomic E-state index is -0.360. The molecule has 3 nitrogen and oxygen atoms in total. The summed E-state index contributed by atoms with van der Waals surface area (Å²) in [6, 6.07) is 6.14. The predicted molar refractivity (Wildman–Crippen MR) is 57.2 cm³/mol. The molecule has 0 saturated heterocycles. The Labute approximate surface area is 91.9 Å². The molecule has 0 N–H and O–H groups in total. The molecule has 0 aliphatic rings. The number of fused-ring (bicyclic) bond motifs is 1. The average Bonchev–Trinajstić information content (AvgIpc) is 2.25. The largest absolute Gasteiger partial charge is 0.459 e. The van der Waals surface area contributed by atoms with Crippen molar-refractivity contribution in [3.63, 3.8) is 0 Å². The number of hydrogen-bond acceptors (Lipinski definition) is 3. The lowest BCUT2D eigenvalue weighted by Gasteiger charge is -2.05. The second kappa shape index (κ2) is 4.26. The Morgan fingerprint density at radius 1 is 1.44 bits per heavy atom. The lowest BCUT2D eigenvalue weighted by Crippen LogP contribution is -2.01. The zero-order valence-corrected chi connectivity index (χ0v) is 8.74. The van der Waals surface area contributed by atoms with E-state index in [-0.39, 0.29) is 18.4 Å². The topological polar surface area (TPSA) is 39.2 Å². The summed E-state index contributed by atoms with van der Waals surface area (Å²) in [6.07, 6.45) is 1.57. The van der Waals surface area contributed by atoms with Crippen molar-refractivity contribution < 1.29 is 13.9 Å². The summed E-state index contributed by atoms with van der Waals surface area (Å²) in [5, 5.41) is 1.54. The Kier molecular flexibility index (Phi) is 2.81. The van der Waals surface area contributed by atoms with Gasteiger partial charge in [-0.1, -0.05) is 0 Å². The van der Waals surface area contributed by atoms with Crippen LogP contribution in [0.1, 0.15) is 12.6 Å². The summed E-state index contributed by atoms with van der Waals surface area (Å²) in [5.41, 5.74) is 0.632. The number of rotatable bonds is 2. The van der Waals surface area contributed by atoms with Crippen LogP contribution in [-0.2, 0) is 16.1 Å². The van der Waals surface area contributed by atoms with E-state index in [1.165, 1.54) is 19.1 Å². The molecular weight excluding hydrogens is 209 g/mol. The molecule has 0 radical (unpaired) electrons. The van der Waals surface area contributed by atoms with Crippen molar-refractivity contribution in [1.29, 1.82) is 0 Å². The maximum atomic E-state index is 13.0. The smallest absolute Gasteiger partial charge is 0.303 e. The molecule has 0 unspecified atom stereocenters. The van der Waals surface area contributed by atoms with Gasteiger partial charge in [0.2, 0.25) is 0 Å². The van der Waals surface area contributed by atoms with E-state index < -0.39 is 0 Å². The summed E-state index contributed by atoms with van der Waals surface area (Å²) in [6.45, 7) is 1.45. The van der Waals surface area contributed by atoms with Gasteiger partial charge in [-0.2, -0.15) is 0 Å². The van der Waals surface area contributed by atoms with Crippen molar-refractivity contribution in [1.82, 2.24) is 4.98 Å². The van der Waals surface area contributed by atoms with Gasteiger partial charge >= 0.3 is 5.97 Å². The number of ether oxygens (including phenoxy) is 1. The quantitative estimate of drug-likeness (QED) is 0.728. The number of carbonyl (C=O) groups is 1. The van der Waals surface area contributed by atoms with Crippen LogP contribution in [0, 0.1) is 5.82 Å². The highest BCUT2D eigenvalue weighted by atomic mass is 19.1. The Hall–Kier alpha value is -1.97. The van der Waals surface area contributed by atoms with Gasteiger partial charge in [0.05, 0.1) is 5.69 Å². The van der Waals surface area contributed by atoms with Gasteiger partial charge in [0.1, 0.15) is 12.4 Å². The molecule has 2 aromatic rings. The van der Waals surface area contributed by atoms with Crippen LogP contribution < -0.4 is 0 Å². The number of aromatic nitrogens is 1. The van der Waals surface area contributed by atoms with Gasteiger partial charge in [-0.15, -0.1) is 0 Å². The highest BCUT2D eigenvalue weighted by Gasteiger charge is 2.04. The summed E-state index contributed by atoms with van der Waals surface area (Å²) in [4.78, 5) is 14.8. The highest BCUT2D eigenvalue weighted by molar-refractivity contribution is 5.84. The van der Waals surface area contributed by atoms with Gasteiger partial charge in [-0.25, -0.2) is 4.39 Å².